The topological polar surface area (TPSA) is 112 Å². The number of nitrogens with one attached hydrogen (secondary N) is 2. The second-order valence-corrected chi connectivity index (χ2v) is 6.68. The lowest BCUT2D eigenvalue weighted by Gasteiger charge is -2.15. The van der Waals surface area contributed by atoms with Crippen molar-refractivity contribution >= 4 is 34.9 Å². The molecule has 2 aromatic carbocycles. The van der Waals surface area contributed by atoms with Crippen molar-refractivity contribution in [2.24, 2.45) is 0 Å². The van der Waals surface area contributed by atoms with Crippen LogP contribution in [0, 0.1) is 0 Å². The Balaban J connectivity index is 1.40. The molecule has 1 aromatic heterocycles. The van der Waals surface area contributed by atoms with Gasteiger partial charge >= 0.3 is 0 Å². The summed E-state index contributed by atoms with van der Waals surface area (Å²) in [4.78, 5) is 42.6. The van der Waals surface area contributed by atoms with E-state index in [2.05, 4.69) is 15.6 Å². The van der Waals surface area contributed by atoms with Crippen LogP contribution in [-0.4, -0.2) is 39.3 Å². The zero-order valence-electron chi connectivity index (χ0n) is 15.8. The quantitative estimate of drug-likeness (QED) is 0.431. The molecule has 3 amide bonds. The maximum Gasteiger partial charge on any atom is 0.261 e. The first kappa shape index (κ1) is 19.1. The average Bonchev–Trinajstić information content (AvgIpc) is 3.00. The number of hydrogen-bond acceptors (Lipinski definition) is 6. The molecule has 4 rings (SSSR count). The maximum atomic E-state index is 12.5. The average molecular weight is 402 g/mol. The van der Waals surface area contributed by atoms with Gasteiger partial charge in [-0.2, -0.15) is 0 Å². The van der Waals surface area contributed by atoms with Gasteiger partial charge in [0.1, 0.15) is 5.75 Å². The second kappa shape index (κ2) is 8.04. The Kier molecular flexibility index (Phi) is 5.13. The van der Waals surface area contributed by atoms with Crippen molar-refractivity contribution in [3.05, 3.63) is 78.0 Å². The number of fused-ring (bicyclic) bond motifs is 1. The van der Waals surface area contributed by atoms with Crippen LogP contribution in [0.15, 0.2) is 66.9 Å². The summed E-state index contributed by atoms with van der Waals surface area (Å²) in [6.07, 6.45) is 1.54. The van der Waals surface area contributed by atoms with Gasteiger partial charge in [0.25, 0.3) is 11.8 Å². The molecule has 0 bridgehead atoms. The molecule has 0 atom stereocenters. The zero-order valence-corrected chi connectivity index (χ0v) is 15.8. The Morgan fingerprint density at radius 3 is 2.27 bits per heavy atom. The molecule has 0 fully saturated rings. The lowest BCUT2D eigenvalue weighted by atomic mass is 10.1. The van der Waals surface area contributed by atoms with Crippen LogP contribution in [-0.2, 0) is 4.79 Å². The Morgan fingerprint density at radius 1 is 0.933 bits per heavy atom. The Labute approximate surface area is 172 Å². The van der Waals surface area contributed by atoms with E-state index in [1.165, 1.54) is 12.1 Å². The number of amides is 3. The van der Waals surface area contributed by atoms with Crippen molar-refractivity contribution in [3.63, 3.8) is 0 Å². The highest BCUT2D eigenvalue weighted by Gasteiger charge is 2.34. The summed E-state index contributed by atoms with van der Waals surface area (Å²) >= 11 is 0. The molecule has 0 saturated heterocycles. The second-order valence-electron chi connectivity index (χ2n) is 6.68. The van der Waals surface area contributed by atoms with Gasteiger partial charge in [-0.15, -0.1) is 0 Å². The first-order chi connectivity index (χ1) is 14.5. The van der Waals surface area contributed by atoms with Crippen molar-refractivity contribution in [2.45, 2.75) is 6.42 Å². The van der Waals surface area contributed by atoms with Crippen LogP contribution in [0.5, 0.6) is 5.75 Å². The molecule has 0 spiro atoms. The van der Waals surface area contributed by atoms with Gasteiger partial charge in [0.2, 0.25) is 5.91 Å². The fourth-order valence-corrected chi connectivity index (χ4v) is 3.16. The maximum absolute atomic E-state index is 12.5. The van der Waals surface area contributed by atoms with Crippen LogP contribution in [0.4, 0.5) is 17.2 Å². The molecule has 8 nitrogen and oxygen atoms in total. The predicted octanol–water partition coefficient (Wildman–Crippen LogP) is 3.16. The smallest absolute Gasteiger partial charge is 0.261 e. The molecule has 30 heavy (non-hydrogen) atoms. The first-order valence-corrected chi connectivity index (χ1v) is 9.29. The molecule has 3 N–H and O–H groups in total. The van der Waals surface area contributed by atoms with Gasteiger partial charge in [0.05, 0.1) is 16.8 Å². The Hall–Kier alpha value is -4.20. The van der Waals surface area contributed by atoms with E-state index in [9.17, 15) is 19.5 Å². The van der Waals surface area contributed by atoms with Crippen molar-refractivity contribution in [1.29, 1.82) is 0 Å². The van der Waals surface area contributed by atoms with E-state index in [0.717, 1.165) is 4.90 Å². The summed E-state index contributed by atoms with van der Waals surface area (Å²) in [5, 5.41) is 15.2. The van der Waals surface area contributed by atoms with Crippen molar-refractivity contribution in [3.8, 4) is 5.75 Å². The molecule has 1 aliphatic heterocycles. The van der Waals surface area contributed by atoms with E-state index < -0.39 is 0 Å². The third kappa shape index (κ3) is 3.83. The number of carbonyl (C=O) groups excluding carboxylic acids is 3. The van der Waals surface area contributed by atoms with Crippen LogP contribution in [0.3, 0.4) is 0 Å². The number of nitrogens with zero attached hydrogens (tertiary/aromatic N) is 2. The molecule has 0 unspecified atom stereocenters. The van der Waals surface area contributed by atoms with Gasteiger partial charge in [-0.3, -0.25) is 19.3 Å². The van der Waals surface area contributed by atoms with Crippen LogP contribution in [0.2, 0.25) is 0 Å². The highest BCUT2D eigenvalue weighted by atomic mass is 16.3. The molecule has 8 heteroatoms. The van der Waals surface area contributed by atoms with Gasteiger partial charge in [-0.1, -0.05) is 12.1 Å². The minimum absolute atomic E-state index is 0.0147. The Morgan fingerprint density at radius 2 is 1.60 bits per heavy atom. The summed E-state index contributed by atoms with van der Waals surface area (Å²) in [7, 11) is 0. The molecule has 2 heterocycles. The highest BCUT2D eigenvalue weighted by molar-refractivity contribution is 6.21. The number of rotatable bonds is 6. The summed E-state index contributed by atoms with van der Waals surface area (Å²) in [5.41, 5.74) is 1.86. The molecular formula is C22H18N4O4. The van der Waals surface area contributed by atoms with Gasteiger partial charge in [0, 0.05) is 24.8 Å². The van der Waals surface area contributed by atoms with E-state index >= 15 is 0 Å². The number of imide groups is 1. The van der Waals surface area contributed by atoms with Crippen molar-refractivity contribution in [2.75, 3.05) is 17.2 Å². The molecule has 150 valence electrons. The third-order valence-corrected chi connectivity index (χ3v) is 4.65. The minimum atomic E-state index is -0.389. The van der Waals surface area contributed by atoms with Gasteiger partial charge in [0.15, 0.2) is 5.82 Å². The highest BCUT2D eigenvalue weighted by Crippen LogP contribution is 2.25. The number of phenolic OH excluding ortho intramolecular Hbond substituents is 1. The third-order valence-electron chi connectivity index (χ3n) is 4.65. The zero-order chi connectivity index (χ0) is 21.1. The van der Waals surface area contributed by atoms with Crippen LogP contribution >= 0.6 is 0 Å². The summed E-state index contributed by atoms with van der Waals surface area (Å²) in [6, 6.07) is 16.4. The summed E-state index contributed by atoms with van der Waals surface area (Å²) < 4.78 is 0. The number of carbonyl (C=O) groups is 3. The van der Waals surface area contributed by atoms with Gasteiger partial charge < -0.3 is 15.7 Å². The van der Waals surface area contributed by atoms with Crippen molar-refractivity contribution in [1.82, 2.24) is 9.88 Å². The van der Waals surface area contributed by atoms with Crippen molar-refractivity contribution < 1.29 is 19.5 Å². The van der Waals surface area contributed by atoms with E-state index in [1.807, 2.05) is 0 Å². The lowest BCUT2D eigenvalue weighted by molar-refractivity contribution is -0.116. The number of phenols is 1. The minimum Gasteiger partial charge on any atom is -0.508 e. The van der Waals surface area contributed by atoms with E-state index in [1.54, 1.807) is 54.7 Å². The SMILES string of the molecule is O=C(CCN1C(=O)c2ccccc2C1=O)Nc1cccnc1Nc1ccc(O)cc1. The number of aromatic nitrogens is 1. The normalized spacial score (nSPS) is 12.6. The van der Waals surface area contributed by atoms with Gasteiger partial charge in [-0.25, -0.2) is 4.98 Å². The monoisotopic (exact) mass is 402 g/mol. The molecular weight excluding hydrogens is 384 g/mol. The fraction of sp³-hybridized carbons (Fsp3) is 0.0909. The first-order valence-electron chi connectivity index (χ1n) is 9.29. The fourth-order valence-electron chi connectivity index (χ4n) is 3.16. The summed E-state index contributed by atoms with van der Waals surface area (Å²) in [5.74, 6) is -0.562. The standard InChI is InChI=1S/C22H18N4O4/c27-15-9-7-14(8-10-15)24-20-18(6-3-12-23-20)25-19(28)11-13-26-21(29)16-4-1-2-5-17(16)22(26)30/h1-10,12,27H,11,13H2,(H,23,24)(H,25,28). The van der Waals surface area contributed by atoms with Crippen LogP contribution < -0.4 is 10.6 Å². The number of benzene rings is 2. The molecule has 3 aromatic rings. The molecule has 0 saturated carbocycles. The number of anilines is 3. The van der Waals surface area contributed by atoms with Gasteiger partial charge in [-0.05, 0) is 48.5 Å². The van der Waals surface area contributed by atoms with Crippen LogP contribution in [0.25, 0.3) is 0 Å². The molecule has 0 aliphatic carbocycles. The number of aromatic hydroxyl groups is 1. The summed E-state index contributed by atoms with van der Waals surface area (Å²) in [6.45, 7) is -0.0147. The number of pyridine rings is 1. The van der Waals surface area contributed by atoms with Crippen LogP contribution in [0.1, 0.15) is 27.1 Å². The molecule has 1 aliphatic rings. The van der Waals surface area contributed by atoms with E-state index in [0.29, 0.717) is 28.3 Å². The largest absolute Gasteiger partial charge is 0.508 e. The molecule has 0 radical (unpaired) electrons. The lowest BCUT2D eigenvalue weighted by Crippen LogP contribution is -2.32. The Bertz CT molecular complexity index is 1090. The van der Waals surface area contributed by atoms with E-state index in [-0.39, 0.29) is 36.4 Å². The van der Waals surface area contributed by atoms with E-state index in [4.69, 9.17) is 0 Å². The predicted molar refractivity (Wildman–Crippen MR) is 111 cm³/mol. The number of hydrogen-bond donors (Lipinski definition) is 3.